The van der Waals surface area contributed by atoms with E-state index in [-0.39, 0.29) is 4.90 Å². The number of nitrogens with one attached hydrogen (secondary N) is 1. The first-order valence-corrected chi connectivity index (χ1v) is 8.78. The molecule has 0 aliphatic rings. The molecule has 2 aromatic carbocycles. The van der Waals surface area contributed by atoms with Crippen LogP contribution in [0.25, 0.3) is 0 Å². The van der Waals surface area contributed by atoms with Crippen LogP contribution < -0.4 is 5.32 Å². The summed E-state index contributed by atoms with van der Waals surface area (Å²) in [5.41, 5.74) is 0.460. The van der Waals surface area contributed by atoms with Gasteiger partial charge in [0, 0.05) is 27.0 Å². The van der Waals surface area contributed by atoms with Gasteiger partial charge in [-0.2, -0.15) is 5.26 Å². The van der Waals surface area contributed by atoms with E-state index in [0.29, 0.717) is 20.8 Å². The maximum atomic E-state index is 12.4. The quantitative estimate of drug-likeness (QED) is 0.758. The summed E-state index contributed by atoms with van der Waals surface area (Å²) in [4.78, 5) is -0.475. The average molecular weight is 388 g/mol. The van der Waals surface area contributed by atoms with Gasteiger partial charge in [-0.15, -0.1) is 0 Å². The third-order valence-corrected chi connectivity index (χ3v) is 5.13. The van der Waals surface area contributed by atoms with E-state index in [1.165, 1.54) is 30.3 Å². The molecular formula is C15H9Cl3N2O2S. The predicted molar refractivity (Wildman–Crippen MR) is 92.4 cm³/mol. The fourth-order valence-electron chi connectivity index (χ4n) is 1.70. The van der Waals surface area contributed by atoms with Gasteiger partial charge in [0.2, 0.25) is 9.84 Å². The van der Waals surface area contributed by atoms with Gasteiger partial charge in [0.05, 0.1) is 4.90 Å². The van der Waals surface area contributed by atoms with Gasteiger partial charge in [-0.1, -0.05) is 34.8 Å². The average Bonchev–Trinajstić information content (AvgIpc) is 2.47. The highest BCUT2D eigenvalue weighted by atomic mass is 35.5. The molecular weight excluding hydrogens is 379 g/mol. The lowest BCUT2D eigenvalue weighted by atomic mass is 10.3. The van der Waals surface area contributed by atoms with Crippen LogP contribution in [0.15, 0.2) is 58.5 Å². The highest BCUT2D eigenvalue weighted by molar-refractivity contribution is 7.95. The second-order valence-corrected chi connectivity index (χ2v) is 7.61. The number of sulfone groups is 1. The number of nitrogens with zero attached hydrogens (tertiary/aromatic N) is 1. The molecule has 0 saturated carbocycles. The number of rotatable bonds is 4. The molecule has 0 aliphatic heterocycles. The Morgan fingerprint density at radius 2 is 1.57 bits per heavy atom. The maximum Gasteiger partial charge on any atom is 0.218 e. The highest BCUT2D eigenvalue weighted by Gasteiger charge is 2.20. The molecule has 0 saturated heterocycles. The number of halogens is 3. The summed E-state index contributed by atoms with van der Waals surface area (Å²) in [6, 6.07) is 11.8. The van der Waals surface area contributed by atoms with Gasteiger partial charge < -0.3 is 5.32 Å². The molecule has 1 N–H and O–H groups in total. The van der Waals surface area contributed by atoms with Crippen LogP contribution in [-0.2, 0) is 9.84 Å². The van der Waals surface area contributed by atoms with Crippen molar-refractivity contribution >= 4 is 50.3 Å². The van der Waals surface area contributed by atoms with Crippen molar-refractivity contribution in [1.29, 1.82) is 5.26 Å². The molecule has 118 valence electrons. The van der Waals surface area contributed by atoms with Crippen LogP contribution >= 0.6 is 34.8 Å². The highest BCUT2D eigenvalue weighted by Crippen LogP contribution is 2.24. The first-order chi connectivity index (χ1) is 10.8. The van der Waals surface area contributed by atoms with Gasteiger partial charge in [-0.25, -0.2) is 8.42 Å². The first-order valence-electron chi connectivity index (χ1n) is 6.16. The van der Waals surface area contributed by atoms with Gasteiger partial charge >= 0.3 is 0 Å². The largest absolute Gasteiger partial charge is 0.360 e. The van der Waals surface area contributed by atoms with Crippen LogP contribution in [0.5, 0.6) is 0 Å². The van der Waals surface area contributed by atoms with Crippen molar-refractivity contribution in [3.63, 3.8) is 0 Å². The normalized spacial score (nSPS) is 11.8. The van der Waals surface area contributed by atoms with E-state index in [9.17, 15) is 8.42 Å². The Bertz CT molecular complexity index is 881. The summed E-state index contributed by atoms with van der Waals surface area (Å²) in [6.07, 6.45) is 1.09. The van der Waals surface area contributed by atoms with Gasteiger partial charge in [-0.3, -0.25) is 0 Å². The lowest BCUT2D eigenvalue weighted by Gasteiger charge is -2.06. The van der Waals surface area contributed by atoms with Crippen molar-refractivity contribution < 1.29 is 8.42 Å². The third-order valence-electron chi connectivity index (χ3n) is 2.76. The van der Waals surface area contributed by atoms with Crippen molar-refractivity contribution in [2.45, 2.75) is 4.90 Å². The van der Waals surface area contributed by atoms with E-state index in [1.54, 1.807) is 18.2 Å². The zero-order valence-corrected chi connectivity index (χ0v) is 14.5. The number of benzene rings is 2. The smallest absolute Gasteiger partial charge is 0.218 e. The van der Waals surface area contributed by atoms with Gasteiger partial charge in [0.1, 0.15) is 6.07 Å². The van der Waals surface area contributed by atoms with Crippen LogP contribution in [0, 0.1) is 11.3 Å². The maximum absolute atomic E-state index is 12.4. The van der Waals surface area contributed by atoms with Crippen molar-refractivity contribution in [3.8, 4) is 6.07 Å². The number of hydrogen-bond acceptors (Lipinski definition) is 4. The molecule has 0 radical (unpaired) electrons. The molecule has 8 heteroatoms. The summed E-state index contributed by atoms with van der Waals surface area (Å²) in [5, 5.41) is 13.0. The molecule has 0 atom stereocenters. The fraction of sp³-hybridized carbons (Fsp3) is 0. The Kier molecular flexibility index (Phi) is 5.55. The van der Waals surface area contributed by atoms with Crippen LogP contribution in [0.1, 0.15) is 0 Å². The molecule has 0 bridgehead atoms. The minimum absolute atomic E-state index is 0.0272. The van der Waals surface area contributed by atoms with E-state index in [0.717, 1.165) is 6.20 Å². The Morgan fingerprint density at radius 1 is 1.00 bits per heavy atom. The Morgan fingerprint density at radius 3 is 2.09 bits per heavy atom. The Hall–Kier alpha value is -1.71. The van der Waals surface area contributed by atoms with Gasteiger partial charge in [-0.05, 0) is 42.5 Å². The SMILES string of the molecule is N#C/C(=C\Nc1cc(Cl)cc(Cl)c1)S(=O)(=O)c1ccc(Cl)cc1. The second kappa shape index (κ2) is 7.24. The van der Waals surface area contributed by atoms with Crippen molar-refractivity contribution in [3.05, 3.63) is 68.6 Å². The second-order valence-electron chi connectivity index (χ2n) is 4.38. The summed E-state index contributed by atoms with van der Waals surface area (Å²) in [7, 11) is -3.95. The summed E-state index contributed by atoms with van der Waals surface area (Å²) < 4.78 is 24.8. The zero-order valence-electron chi connectivity index (χ0n) is 11.4. The molecule has 2 aromatic rings. The van der Waals surface area contributed by atoms with Crippen molar-refractivity contribution in [1.82, 2.24) is 0 Å². The predicted octanol–water partition coefficient (Wildman–Crippen LogP) is 4.90. The van der Waals surface area contributed by atoms with Crippen LogP contribution in [-0.4, -0.2) is 8.42 Å². The topological polar surface area (TPSA) is 70.0 Å². The van der Waals surface area contributed by atoms with Crippen LogP contribution in [0.4, 0.5) is 5.69 Å². The molecule has 0 amide bonds. The molecule has 0 aliphatic carbocycles. The van der Waals surface area contributed by atoms with Crippen LogP contribution in [0.3, 0.4) is 0 Å². The van der Waals surface area contributed by atoms with Gasteiger partial charge in [0.25, 0.3) is 0 Å². The first kappa shape index (κ1) is 17.6. The number of allylic oxidation sites excluding steroid dienone is 1. The molecule has 4 nitrogen and oxygen atoms in total. The van der Waals surface area contributed by atoms with E-state index < -0.39 is 14.7 Å². The Balaban J connectivity index is 2.35. The minimum Gasteiger partial charge on any atom is -0.360 e. The molecule has 0 aromatic heterocycles. The number of anilines is 1. The van der Waals surface area contributed by atoms with E-state index in [4.69, 9.17) is 40.1 Å². The summed E-state index contributed by atoms with van der Waals surface area (Å²) >= 11 is 17.5. The van der Waals surface area contributed by atoms with Crippen molar-refractivity contribution in [2.75, 3.05) is 5.32 Å². The van der Waals surface area contributed by atoms with Crippen LogP contribution in [0.2, 0.25) is 15.1 Å². The molecule has 0 unspecified atom stereocenters. The summed E-state index contributed by atoms with van der Waals surface area (Å²) in [6.45, 7) is 0. The van der Waals surface area contributed by atoms with Gasteiger partial charge in [0.15, 0.2) is 4.91 Å². The lowest BCUT2D eigenvalue weighted by molar-refractivity contribution is 0.603. The molecule has 0 fully saturated rings. The fourth-order valence-corrected chi connectivity index (χ4v) is 3.43. The minimum atomic E-state index is -3.95. The van der Waals surface area contributed by atoms with Crippen molar-refractivity contribution in [2.24, 2.45) is 0 Å². The monoisotopic (exact) mass is 386 g/mol. The lowest BCUT2D eigenvalue weighted by Crippen LogP contribution is -2.05. The standard InChI is InChI=1S/C15H9Cl3N2O2S/c16-10-1-3-14(4-2-10)23(21,22)15(8-19)9-20-13-6-11(17)5-12(18)7-13/h1-7,9,20H/b15-9+. The molecule has 0 heterocycles. The zero-order chi connectivity index (χ0) is 17.0. The third kappa shape index (κ3) is 4.40. The van der Waals surface area contributed by atoms with E-state index in [1.807, 2.05) is 0 Å². The van der Waals surface area contributed by atoms with E-state index >= 15 is 0 Å². The Labute approximate surface area is 148 Å². The molecule has 23 heavy (non-hydrogen) atoms. The number of nitriles is 1. The number of hydrogen-bond donors (Lipinski definition) is 1. The van der Waals surface area contributed by atoms with E-state index in [2.05, 4.69) is 5.32 Å². The summed E-state index contributed by atoms with van der Waals surface area (Å²) in [5.74, 6) is 0. The molecule has 0 spiro atoms. The molecule has 2 rings (SSSR count).